The van der Waals surface area contributed by atoms with Gasteiger partial charge in [-0.25, -0.2) is 0 Å². The van der Waals surface area contributed by atoms with Crippen LogP contribution in [0.4, 0.5) is 5.69 Å². The molecule has 20 heavy (non-hydrogen) atoms. The number of rotatable bonds is 1. The summed E-state index contributed by atoms with van der Waals surface area (Å²) in [6.45, 7) is 1.67. The van der Waals surface area contributed by atoms with Crippen molar-refractivity contribution in [1.82, 2.24) is 9.88 Å². The molecule has 0 unspecified atom stereocenters. The topological polar surface area (TPSA) is 59.2 Å². The molecule has 2 aromatic rings. The molecule has 0 bridgehead atoms. The predicted molar refractivity (Wildman–Crippen MR) is 80.5 cm³/mol. The van der Waals surface area contributed by atoms with Crippen LogP contribution in [-0.4, -0.2) is 28.9 Å². The SMILES string of the molecule is Nc1ccc2ccnc(C(=O)N3CCCCCC3)c2c1. The van der Waals surface area contributed by atoms with Crippen molar-refractivity contribution in [2.75, 3.05) is 18.8 Å². The fourth-order valence-electron chi connectivity index (χ4n) is 2.78. The van der Waals surface area contributed by atoms with Crippen LogP contribution in [0.2, 0.25) is 0 Å². The molecule has 1 amide bonds. The third kappa shape index (κ3) is 2.46. The minimum atomic E-state index is 0.0306. The van der Waals surface area contributed by atoms with Crippen molar-refractivity contribution < 1.29 is 4.79 Å². The molecule has 0 radical (unpaired) electrons. The Balaban J connectivity index is 2.00. The zero-order valence-corrected chi connectivity index (χ0v) is 11.5. The predicted octanol–water partition coefficient (Wildman–Crippen LogP) is 2.83. The van der Waals surface area contributed by atoms with Gasteiger partial charge < -0.3 is 10.6 Å². The van der Waals surface area contributed by atoms with Crippen LogP contribution < -0.4 is 5.73 Å². The van der Waals surface area contributed by atoms with Crippen molar-refractivity contribution in [2.45, 2.75) is 25.7 Å². The standard InChI is InChI=1S/C16H19N3O/c17-13-6-5-12-7-8-18-15(14(12)11-13)16(20)19-9-3-1-2-4-10-19/h5-8,11H,1-4,9-10,17H2. The maximum absolute atomic E-state index is 12.7. The lowest BCUT2D eigenvalue weighted by molar-refractivity contribution is 0.0758. The van der Waals surface area contributed by atoms with E-state index in [2.05, 4.69) is 4.98 Å². The Morgan fingerprint density at radius 1 is 1.10 bits per heavy atom. The summed E-state index contributed by atoms with van der Waals surface area (Å²) in [5, 5.41) is 1.86. The molecule has 3 rings (SSSR count). The van der Waals surface area contributed by atoms with Crippen molar-refractivity contribution in [3.05, 3.63) is 36.2 Å². The summed E-state index contributed by atoms with van der Waals surface area (Å²) in [5.74, 6) is 0.0306. The lowest BCUT2D eigenvalue weighted by Crippen LogP contribution is -2.32. The van der Waals surface area contributed by atoms with E-state index < -0.39 is 0 Å². The number of hydrogen-bond donors (Lipinski definition) is 1. The van der Waals surface area contributed by atoms with Gasteiger partial charge >= 0.3 is 0 Å². The smallest absolute Gasteiger partial charge is 0.273 e. The van der Waals surface area contributed by atoms with Crippen molar-refractivity contribution in [3.8, 4) is 0 Å². The second-order valence-electron chi connectivity index (χ2n) is 5.35. The Morgan fingerprint density at radius 2 is 1.85 bits per heavy atom. The molecule has 1 fully saturated rings. The molecule has 104 valence electrons. The minimum absolute atomic E-state index is 0.0306. The molecule has 4 heteroatoms. The highest BCUT2D eigenvalue weighted by molar-refractivity contribution is 6.05. The number of nitrogen functional groups attached to an aromatic ring is 1. The van der Waals surface area contributed by atoms with E-state index in [-0.39, 0.29) is 5.91 Å². The fourth-order valence-corrected chi connectivity index (χ4v) is 2.78. The number of pyridine rings is 1. The number of carbonyl (C=O) groups excluding carboxylic acids is 1. The summed E-state index contributed by atoms with van der Waals surface area (Å²) < 4.78 is 0. The first-order valence-electron chi connectivity index (χ1n) is 7.19. The molecule has 2 N–H and O–H groups in total. The number of carbonyl (C=O) groups is 1. The molecule has 0 saturated carbocycles. The van der Waals surface area contributed by atoms with E-state index in [0.717, 1.165) is 36.7 Å². The van der Waals surface area contributed by atoms with Crippen LogP contribution in [0.3, 0.4) is 0 Å². The van der Waals surface area contributed by atoms with Gasteiger partial charge in [-0.05, 0) is 36.4 Å². The van der Waals surface area contributed by atoms with E-state index in [1.807, 2.05) is 29.2 Å². The number of hydrogen-bond acceptors (Lipinski definition) is 3. The van der Waals surface area contributed by atoms with Crippen molar-refractivity contribution >= 4 is 22.4 Å². The van der Waals surface area contributed by atoms with Crippen LogP contribution in [0.1, 0.15) is 36.2 Å². The van der Waals surface area contributed by atoms with Crippen LogP contribution in [0.5, 0.6) is 0 Å². The maximum Gasteiger partial charge on any atom is 0.273 e. The average molecular weight is 269 g/mol. The number of fused-ring (bicyclic) bond motifs is 1. The summed E-state index contributed by atoms with van der Waals surface area (Å²) in [5.41, 5.74) is 7.03. The number of likely N-dealkylation sites (tertiary alicyclic amines) is 1. The van der Waals surface area contributed by atoms with E-state index in [0.29, 0.717) is 11.4 Å². The Bertz CT molecular complexity index is 631. The Hall–Kier alpha value is -2.10. The molecule has 0 spiro atoms. The number of benzene rings is 1. The van der Waals surface area contributed by atoms with Gasteiger partial charge in [-0.1, -0.05) is 18.9 Å². The summed E-state index contributed by atoms with van der Waals surface area (Å²) in [6, 6.07) is 7.54. The highest BCUT2D eigenvalue weighted by Gasteiger charge is 2.20. The molecule has 1 aromatic heterocycles. The monoisotopic (exact) mass is 269 g/mol. The Kier molecular flexibility index (Phi) is 3.54. The highest BCUT2D eigenvalue weighted by Crippen LogP contribution is 2.22. The molecule has 1 saturated heterocycles. The zero-order chi connectivity index (χ0) is 13.9. The number of aromatic nitrogens is 1. The van der Waals surface area contributed by atoms with Crippen LogP contribution in [0.15, 0.2) is 30.5 Å². The molecule has 1 aliphatic heterocycles. The first-order valence-corrected chi connectivity index (χ1v) is 7.19. The van der Waals surface area contributed by atoms with Crippen LogP contribution >= 0.6 is 0 Å². The Labute approximate surface area is 118 Å². The molecule has 1 aromatic carbocycles. The van der Waals surface area contributed by atoms with Crippen molar-refractivity contribution in [3.63, 3.8) is 0 Å². The van der Waals surface area contributed by atoms with Gasteiger partial charge in [-0.3, -0.25) is 9.78 Å². The molecular weight excluding hydrogens is 250 g/mol. The molecule has 1 aliphatic rings. The van der Waals surface area contributed by atoms with E-state index in [4.69, 9.17) is 5.73 Å². The van der Waals surface area contributed by atoms with Crippen LogP contribution in [0.25, 0.3) is 10.8 Å². The largest absolute Gasteiger partial charge is 0.399 e. The maximum atomic E-state index is 12.7. The quantitative estimate of drug-likeness (QED) is 0.810. The third-order valence-corrected chi connectivity index (χ3v) is 3.89. The second-order valence-corrected chi connectivity index (χ2v) is 5.35. The first kappa shape index (κ1) is 12.9. The molecule has 2 heterocycles. The second kappa shape index (κ2) is 5.49. The summed E-state index contributed by atoms with van der Waals surface area (Å²) >= 11 is 0. The van der Waals surface area contributed by atoms with Gasteiger partial charge in [-0.2, -0.15) is 0 Å². The normalized spacial score (nSPS) is 16.1. The van der Waals surface area contributed by atoms with Crippen molar-refractivity contribution in [1.29, 1.82) is 0 Å². The van der Waals surface area contributed by atoms with Gasteiger partial charge in [-0.15, -0.1) is 0 Å². The molecular formula is C16H19N3O. The van der Waals surface area contributed by atoms with E-state index in [1.165, 1.54) is 12.8 Å². The first-order chi connectivity index (χ1) is 9.75. The lowest BCUT2D eigenvalue weighted by atomic mass is 10.1. The van der Waals surface area contributed by atoms with Gasteiger partial charge in [0.25, 0.3) is 5.91 Å². The molecule has 0 atom stereocenters. The van der Waals surface area contributed by atoms with Crippen LogP contribution in [-0.2, 0) is 0 Å². The number of nitrogens with zero attached hydrogens (tertiary/aromatic N) is 2. The zero-order valence-electron chi connectivity index (χ0n) is 11.5. The Morgan fingerprint density at radius 3 is 2.60 bits per heavy atom. The van der Waals surface area contributed by atoms with Gasteiger partial charge in [0, 0.05) is 30.4 Å². The number of anilines is 1. The molecule has 4 nitrogen and oxygen atoms in total. The third-order valence-electron chi connectivity index (χ3n) is 3.89. The highest BCUT2D eigenvalue weighted by atomic mass is 16.2. The lowest BCUT2D eigenvalue weighted by Gasteiger charge is -2.20. The fraction of sp³-hybridized carbons (Fsp3) is 0.375. The van der Waals surface area contributed by atoms with Gasteiger partial charge in [0.15, 0.2) is 0 Å². The molecule has 0 aliphatic carbocycles. The van der Waals surface area contributed by atoms with Crippen molar-refractivity contribution in [2.24, 2.45) is 0 Å². The minimum Gasteiger partial charge on any atom is -0.399 e. The van der Waals surface area contributed by atoms with Gasteiger partial charge in [0.05, 0.1) is 0 Å². The summed E-state index contributed by atoms with van der Waals surface area (Å²) in [4.78, 5) is 18.9. The van der Waals surface area contributed by atoms with Gasteiger partial charge in [0.2, 0.25) is 0 Å². The summed E-state index contributed by atoms with van der Waals surface area (Å²) in [7, 11) is 0. The van der Waals surface area contributed by atoms with E-state index in [9.17, 15) is 4.79 Å². The number of nitrogens with two attached hydrogens (primary N) is 1. The van der Waals surface area contributed by atoms with E-state index >= 15 is 0 Å². The van der Waals surface area contributed by atoms with Crippen LogP contribution in [0, 0.1) is 0 Å². The van der Waals surface area contributed by atoms with E-state index in [1.54, 1.807) is 6.20 Å². The van der Waals surface area contributed by atoms with Gasteiger partial charge in [0.1, 0.15) is 5.69 Å². The number of amides is 1. The summed E-state index contributed by atoms with van der Waals surface area (Å²) in [6.07, 6.45) is 6.28. The average Bonchev–Trinajstić information content (AvgIpc) is 2.75.